The molecule has 0 bridgehead atoms. The monoisotopic (exact) mass is 272 g/mol. The van der Waals surface area contributed by atoms with E-state index in [0.717, 1.165) is 12.1 Å². The van der Waals surface area contributed by atoms with Gasteiger partial charge >= 0.3 is 0 Å². The first-order valence-corrected chi connectivity index (χ1v) is 6.93. The molecule has 0 radical (unpaired) electrons. The molecule has 1 aromatic rings. The summed E-state index contributed by atoms with van der Waals surface area (Å²) in [6.45, 7) is 1.28. The molecule has 1 saturated heterocycles. The quantitative estimate of drug-likeness (QED) is 0.743. The standard InChI is InChI=1S/C11H13FN2O3S/c12-10-1-3-11(4-2-10)18(16,17)14-7-5-13(9-15)6-8-14/h1-4,9H,5-8H2. The molecule has 1 aliphatic rings. The fraction of sp³-hybridized carbons (Fsp3) is 0.364. The number of halogens is 1. The van der Waals surface area contributed by atoms with Gasteiger partial charge in [-0.25, -0.2) is 12.8 Å². The normalized spacial score (nSPS) is 17.7. The van der Waals surface area contributed by atoms with E-state index < -0.39 is 15.8 Å². The van der Waals surface area contributed by atoms with Gasteiger partial charge in [-0.3, -0.25) is 4.79 Å². The number of rotatable bonds is 3. The third kappa shape index (κ3) is 2.51. The average molecular weight is 272 g/mol. The minimum absolute atomic E-state index is 0.0726. The van der Waals surface area contributed by atoms with Gasteiger partial charge in [0.1, 0.15) is 5.82 Å². The summed E-state index contributed by atoms with van der Waals surface area (Å²) in [5, 5.41) is 0. The molecule has 0 aliphatic carbocycles. The van der Waals surface area contributed by atoms with Crippen LogP contribution >= 0.6 is 0 Å². The Kier molecular flexibility index (Phi) is 3.63. The van der Waals surface area contributed by atoms with Gasteiger partial charge < -0.3 is 4.90 Å². The first kappa shape index (κ1) is 13.0. The number of nitrogens with zero attached hydrogens (tertiary/aromatic N) is 2. The highest BCUT2D eigenvalue weighted by atomic mass is 32.2. The summed E-state index contributed by atoms with van der Waals surface area (Å²) in [4.78, 5) is 12.1. The molecule has 2 rings (SSSR count). The third-order valence-corrected chi connectivity index (χ3v) is 4.79. The minimum Gasteiger partial charge on any atom is -0.343 e. The van der Waals surface area contributed by atoms with E-state index in [1.807, 2.05) is 0 Å². The van der Waals surface area contributed by atoms with Crippen LogP contribution in [0.2, 0.25) is 0 Å². The van der Waals surface area contributed by atoms with Crippen LogP contribution in [0.15, 0.2) is 29.2 Å². The molecule has 98 valence electrons. The zero-order chi connectivity index (χ0) is 13.2. The van der Waals surface area contributed by atoms with Gasteiger partial charge in [-0.2, -0.15) is 4.31 Å². The second-order valence-corrected chi connectivity index (χ2v) is 5.94. The first-order valence-electron chi connectivity index (χ1n) is 5.49. The van der Waals surface area contributed by atoms with Gasteiger partial charge in [0, 0.05) is 26.2 Å². The predicted octanol–water partition coefficient (Wildman–Crippen LogP) is 0.288. The molecule has 1 amide bonds. The Morgan fingerprint density at radius 1 is 1.06 bits per heavy atom. The van der Waals surface area contributed by atoms with Crippen molar-refractivity contribution in [3.63, 3.8) is 0 Å². The summed E-state index contributed by atoms with van der Waals surface area (Å²) in [7, 11) is -3.59. The van der Waals surface area contributed by atoms with E-state index in [1.54, 1.807) is 0 Å². The summed E-state index contributed by atoms with van der Waals surface area (Å²) in [6.07, 6.45) is 0.710. The van der Waals surface area contributed by atoms with Crippen molar-refractivity contribution in [2.75, 3.05) is 26.2 Å². The molecule has 1 aromatic carbocycles. The number of carbonyl (C=O) groups excluding carboxylic acids is 1. The molecule has 0 N–H and O–H groups in total. The second kappa shape index (κ2) is 5.03. The van der Waals surface area contributed by atoms with E-state index in [-0.39, 0.29) is 18.0 Å². The maximum Gasteiger partial charge on any atom is 0.243 e. The van der Waals surface area contributed by atoms with Gasteiger partial charge in [0.2, 0.25) is 16.4 Å². The number of amides is 1. The Bertz CT molecular complexity index is 522. The molecular weight excluding hydrogens is 259 g/mol. The van der Waals surface area contributed by atoms with Crippen LogP contribution in [0, 0.1) is 5.82 Å². The lowest BCUT2D eigenvalue weighted by molar-refractivity contribution is -0.119. The van der Waals surface area contributed by atoms with E-state index >= 15 is 0 Å². The number of benzene rings is 1. The number of hydrogen-bond acceptors (Lipinski definition) is 3. The summed E-state index contributed by atoms with van der Waals surface area (Å²) < 4.78 is 38.4. The minimum atomic E-state index is -3.59. The fourth-order valence-corrected chi connectivity index (χ4v) is 3.23. The summed E-state index contributed by atoms with van der Waals surface area (Å²) in [5.41, 5.74) is 0. The molecule has 0 atom stereocenters. The van der Waals surface area contributed by atoms with Crippen LogP contribution in [0.5, 0.6) is 0 Å². The molecule has 1 fully saturated rings. The Balaban J connectivity index is 2.17. The first-order chi connectivity index (χ1) is 8.54. The van der Waals surface area contributed by atoms with Crippen LogP contribution in [-0.4, -0.2) is 50.2 Å². The van der Waals surface area contributed by atoms with Crippen LogP contribution in [-0.2, 0) is 14.8 Å². The zero-order valence-corrected chi connectivity index (χ0v) is 10.4. The second-order valence-electron chi connectivity index (χ2n) is 4.00. The molecule has 0 unspecified atom stereocenters. The maximum absolute atomic E-state index is 12.8. The Hall–Kier alpha value is -1.47. The topological polar surface area (TPSA) is 57.7 Å². The molecular formula is C11H13FN2O3S. The highest BCUT2D eigenvalue weighted by Crippen LogP contribution is 2.17. The van der Waals surface area contributed by atoms with Gasteiger partial charge in [-0.15, -0.1) is 0 Å². The van der Waals surface area contributed by atoms with Crippen molar-refractivity contribution < 1.29 is 17.6 Å². The number of sulfonamides is 1. The van der Waals surface area contributed by atoms with Crippen LogP contribution in [0.3, 0.4) is 0 Å². The fourth-order valence-electron chi connectivity index (χ4n) is 1.80. The van der Waals surface area contributed by atoms with Gasteiger partial charge in [-0.05, 0) is 24.3 Å². The van der Waals surface area contributed by atoms with E-state index in [1.165, 1.54) is 21.3 Å². The van der Waals surface area contributed by atoms with Crippen molar-refractivity contribution in [2.24, 2.45) is 0 Å². The average Bonchev–Trinajstić information content (AvgIpc) is 2.39. The van der Waals surface area contributed by atoms with Gasteiger partial charge in [0.25, 0.3) is 0 Å². The Morgan fingerprint density at radius 2 is 1.61 bits per heavy atom. The van der Waals surface area contributed by atoms with Gasteiger partial charge in [0.05, 0.1) is 4.90 Å². The highest BCUT2D eigenvalue weighted by molar-refractivity contribution is 7.89. The van der Waals surface area contributed by atoms with Crippen molar-refractivity contribution in [1.29, 1.82) is 0 Å². The molecule has 7 heteroatoms. The Morgan fingerprint density at radius 3 is 2.11 bits per heavy atom. The predicted molar refractivity (Wildman–Crippen MR) is 62.8 cm³/mol. The molecule has 0 aromatic heterocycles. The SMILES string of the molecule is O=CN1CCN(S(=O)(=O)c2ccc(F)cc2)CC1. The molecule has 0 saturated carbocycles. The number of piperazine rings is 1. The highest BCUT2D eigenvalue weighted by Gasteiger charge is 2.27. The molecule has 1 aliphatic heterocycles. The van der Waals surface area contributed by atoms with E-state index in [9.17, 15) is 17.6 Å². The molecule has 0 spiro atoms. The number of hydrogen-bond donors (Lipinski definition) is 0. The van der Waals surface area contributed by atoms with Crippen molar-refractivity contribution in [3.8, 4) is 0 Å². The smallest absolute Gasteiger partial charge is 0.243 e. The summed E-state index contributed by atoms with van der Waals surface area (Å²) in [6, 6.07) is 4.73. The summed E-state index contributed by atoms with van der Waals surface area (Å²) >= 11 is 0. The number of carbonyl (C=O) groups is 1. The molecule has 5 nitrogen and oxygen atoms in total. The maximum atomic E-state index is 12.8. The van der Waals surface area contributed by atoms with E-state index in [0.29, 0.717) is 19.5 Å². The van der Waals surface area contributed by atoms with Crippen molar-refractivity contribution in [2.45, 2.75) is 4.90 Å². The Labute approximate surface area is 105 Å². The van der Waals surface area contributed by atoms with Crippen LogP contribution in [0.1, 0.15) is 0 Å². The lowest BCUT2D eigenvalue weighted by Crippen LogP contribution is -2.47. The van der Waals surface area contributed by atoms with Crippen molar-refractivity contribution in [3.05, 3.63) is 30.1 Å². The van der Waals surface area contributed by atoms with Crippen LogP contribution in [0.25, 0.3) is 0 Å². The van der Waals surface area contributed by atoms with Crippen LogP contribution < -0.4 is 0 Å². The lowest BCUT2D eigenvalue weighted by Gasteiger charge is -2.31. The molecule has 18 heavy (non-hydrogen) atoms. The van der Waals surface area contributed by atoms with Crippen LogP contribution in [0.4, 0.5) is 4.39 Å². The van der Waals surface area contributed by atoms with Crippen molar-refractivity contribution in [1.82, 2.24) is 9.21 Å². The largest absolute Gasteiger partial charge is 0.343 e. The molecule has 1 heterocycles. The van der Waals surface area contributed by atoms with E-state index in [2.05, 4.69) is 0 Å². The van der Waals surface area contributed by atoms with Gasteiger partial charge in [-0.1, -0.05) is 0 Å². The van der Waals surface area contributed by atoms with Gasteiger partial charge in [0.15, 0.2) is 0 Å². The summed E-state index contributed by atoms with van der Waals surface area (Å²) in [5.74, 6) is -0.472. The van der Waals surface area contributed by atoms with E-state index in [4.69, 9.17) is 0 Å². The zero-order valence-electron chi connectivity index (χ0n) is 9.62. The lowest BCUT2D eigenvalue weighted by atomic mass is 10.4. The van der Waals surface area contributed by atoms with Crippen molar-refractivity contribution >= 4 is 16.4 Å². The third-order valence-electron chi connectivity index (χ3n) is 2.87.